The monoisotopic (exact) mass is 266 g/mol. The van der Waals surface area contributed by atoms with Crippen LogP contribution in [0.5, 0.6) is 0 Å². The van der Waals surface area contributed by atoms with Gasteiger partial charge in [0.1, 0.15) is 0 Å². The van der Waals surface area contributed by atoms with E-state index in [-0.39, 0.29) is 0 Å². The van der Waals surface area contributed by atoms with Gasteiger partial charge < -0.3 is 0 Å². The Hall–Kier alpha value is -0.300. The summed E-state index contributed by atoms with van der Waals surface area (Å²) in [5.41, 5.74) is 2.99. The molecule has 1 aliphatic rings. The number of rotatable bonds is 3. The summed E-state index contributed by atoms with van der Waals surface area (Å²) in [6, 6.07) is 9.25. The number of hydrogen-bond donors (Lipinski definition) is 0. The standard InChI is InChI=1S/C14H19Br/c1-10(11(2)15)12-6-8-14(9-7-12)13-4-3-5-13/h6-11,13H,3-5H2,1-2H3. The van der Waals surface area contributed by atoms with Crippen LogP contribution in [0.4, 0.5) is 0 Å². The van der Waals surface area contributed by atoms with Gasteiger partial charge in [-0.1, -0.05) is 60.5 Å². The summed E-state index contributed by atoms with van der Waals surface area (Å²) in [4.78, 5) is 0.548. The van der Waals surface area contributed by atoms with Gasteiger partial charge in [-0.05, 0) is 35.8 Å². The summed E-state index contributed by atoms with van der Waals surface area (Å²) in [5.74, 6) is 1.45. The first-order chi connectivity index (χ1) is 7.18. The molecule has 0 aromatic heterocycles. The Kier molecular flexibility index (Phi) is 3.50. The topological polar surface area (TPSA) is 0 Å². The van der Waals surface area contributed by atoms with Crippen LogP contribution in [0.3, 0.4) is 0 Å². The number of alkyl halides is 1. The van der Waals surface area contributed by atoms with Crippen molar-refractivity contribution in [2.24, 2.45) is 0 Å². The fourth-order valence-corrected chi connectivity index (χ4v) is 2.38. The van der Waals surface area contributed by atoms with E-state index in [1.165, 1.54) is 24.8 Å². The smallest absolute Gasteiger partial charge is 0.0183 e. The van der Waals surface area contributed by atoms with Gasteiger partial charge in [0.2, 0.25) is 0 Å². The van der Waals surface area contributed by atoms with Crippen LogP contribution in [0.1, 0.15) is 56.1 Å². The highest BCUT2D eigenvalue weighted by Crippen LogP contribution is 2.36. The van der Waals surface area contributed by atoms with Crippen LogP contribution in [0.15, 0.2) is 24.3 Å². The van der Waals surface area contributed by atoms with Crippen molar-refractivity contribution in [2.75, 3.05) is 0 Å². The Morgan fingerprint density at radius 1 is 1.13 bits per heavy atom. The Labute approximate surface area is 101 Å². The summed E-state index contributed by atoms with van der Waals surface area (Å²) >= 11 is 3.65. The van der Waals surface area contributed by atoms with Gasteiger partial charge in [-0.3, -0.25) is 0 Å². The highest BCUT2D eigenvalue weighted by molar-refractivity contribution is 9.09. The van der Waals surface area contributed by atoms with Crippen molar-refractivity contribution in [3.63, 3.8) is 0 Å². The number of halogens is 1. The maximum atomic E-state index is 3.65. The molecular formula is C14H19Br. The first kappa shape index (κ1) is 11.2. The van der Waals surface area contributed by atoms with Crippen molar-refractivity contribution in [1.29, 1.82) is 0 Å². The van der Waals surface area contributed by atoms with E-state index >= 15 is 0 Å². The number of benzene rings is 1. The molecule has 2 rings (SSSR count). The van der Waals surface area contributed by atoms with Gasteiger partial charge in [-0.25, -0.2) is 0 Å². The first-order valence-corrected chi connectivity index (χ1v) is 6.84. The van der Waals surface area contributed by atoms with Gasteiger partial charge in [0.25, 0.3) is 0 Å². The zero-order chi connectivity index (χ0) is 10.8. The Balaban J connectivity index is 2.09. The molecule has 2 unspecified atom stereocenters. The van der Waals surface area contributed by atoms with Gasteiger partial charge in [0.15, 0.2) is 0 Å². The number of hydrogen-bond acceptors (Lipinski definition) is 0. The first-order valence-electron chi connectivity index (χ1n) is 5.92. The third kappa shape index (κ3) is 2.44. The minimum Gasteiger partial charge on any atom is -0.0887 e. The maximum Gasteiger partial charge on any atom is 0.0183 e. The van der Waals surface area contributed by atoms with E-state index in [4.69, 9.17) is 0 Å². The van der Waals surface area contributed by atoms with Crippen molar-refractivity contribution >= 4 is 15.9 Å². The summed E-state index contributed by atoms with van der Waals surface area (Å²) in [6.07, 6.45) is 4.20. The molecule has 0 radical (unpaired) electrons. The molecule has 0 amide bonds. The molecule has 2 atom stereocenters. The molecule has 82 valence electrons. The van der Waals surface area contributed by atoms with Crippen LogP contribution >= 0.6 is 15.9 Å². The molecule has 0 saturated heterocycles. The highest BCUT2D eigenvalue weighted by Gasteiger charge is 2.19. The molecule has 15 heavy (non-hydrogen) atoms. The Morgan fingerprint density at radius 2 is 1.73 bits per heavy atom. The molecule has 1 heteroatoms. The SMILES string of the molecule is CC(Br)C(C)c1ccc(C2CCC2)cc1. The van der Waals surface area contributed by atoms with Gasteiger partial charge >= 0.3 is 0 Å². The van der Waals surface area contributed by atoms with Gasteiger partial charge in [0, 0.05) is 4.83 Å². The summed E-state index contributed by atoms with van der Waals surface area (Å²) in [6.45, 7) is 4.49. The third-order valence-corrected chi connectivity index (χ3v) is 4.52. The normalized spacial score (nSPS) is 20.7. The maximum absolute atomic E-state index is 3.65. The molecule has 1 aliphatic carbocycles. The molecule has 0 N–H and O–H groups in total. The quantitative estimate of drug-likeness (QED) is 0.687. The van der Waals surface area contributed by atoms with E-state index in [0.717, 1.165) is 5.92 Å². The molecule has 1 saturated carbocycles. The van der Waals surface area contributed by atoms with Crippen LogP contribution in [-0.2, 0) is 0 Å². The molecule has 0 heterocycles. The zero-order valence-electron chi connectivity index (χ0n) is 9.54. The van der Waals surface area contributed by atoms with E-state index in [1.54, 1.807) is 5.56 Å². The molecule has 1 aromatic carbocycles. The lowest BCUT2D eigenvalue weighted by Gasteiger charge is -2.26. The van der Waals surface area contributed by atoms with Crippen molar-refractivity contribution < 1.29 is 0 Å². The van der Waals surface area contributed by atoms with Crippen LogP contribution in [-0.4, -0.2) is 4.83 Å². The van der Waals surface area contributed by atoms with Crippen LogP contribution in [0.25, 0.3) is 0 Å². The average molecular weight is 267 g/mol. The minimum absolute atomic E-state index is 0.548. The van der Waals surface area contributed by atoms with E-state index in [0.29, 0.717) is 10.7 Å². The van der Waals surface area contributed by atoms with Crippen molar-refractivity contribution in [2.45, 2.75) is 49.8 Å². The molecular weight excluding hydrogens is 248 g/mol. The van der Waals surface area contributed by atoms with Crippen molar-refractivity contribution in [3.05, 3.63) is 35.4 Å². The van der Waals surface area contributed by atoms with E-state index in [1.807, 2.05) is 0 Å². The average Bonchev–Trinajstić information content (AvgIpc) is 2.15. The molecule has 1 aromatic rings. The molecule has 0 nitrogen and oxygen atoms in total. The van der Waals surface area contributed by atoms with Crippen LogP contribution in [0.2, 0.25) is 0 Å². The lowest BCUT2D eigenvalue weighted by Crippen LogP contribution is -2.09. The second-order valence-corrected chi connectivity index (χ2v) is 6.21. The molecule has 0 aliphatic heterocycles. The third-order valence-electron chi connectivity index (χ3n) is 3.73. The van der Waals surface area contributed by atoms with E-state index < -0.39 is 0 Å². The summed E-state index contributed by atoms with van der Waals surface area (Å²) < 4.78 is 0. The molecule has 1 fully saturated rings. The highest BCUT2D eigenvalue weighted by atomic mass is 79.9. The van der Waals surface area contributed by atoms with E-state index in [9.17, 15) is 0 Å². The lowest BCUT2D eigenvalue weighted by atomic mass is 9.79. The predicted molar refractivity (Wildman–Crippen MR) is 69.8 cm³/mol. The van der Waals surface area contributed by atoms with Crippen LogP contribution < -0.4 is 0 Å². The molecule has 0 bridgehead atoms. The van der Waals surface area contributed by atoms with Gasteiger partial charge in [0.05, 0.1) is 0 Å². The second-order valence-electron chi connectivity index (χ2n) is 4.76. The van der Waals surface area contributed by atoms with E-state index in [2.05, 4.69) is 54.0 Å². The summed E-state index contributed by atoms with van der Waals surface area (Å²) in [7, 11) is 0. The second kappa shape index (κ2) is 4.69. The Bertz CT molecular complexity index is 309. The predicted octanol–water partition coefficient (Wildman–Crippen LogP) is 4.84. The minimum atomic E-state index is 0.548. The zero-order valence-corrected chi connectivity index (χ0v) is 11.1. The lowest BCUT2D eigenvalue weighted by molar-refractivity contribution is 0.419. The van der Waals surface area contributed by atoms with Gasteiger partial charge in [-0.2, -0.15) is 0 Å². The van der Waals surface area contributed by atoms with Crippen molar-refractivity contribution in [3.8, 4) is 0 Å². The largest absolute Gasteiger partial charge is 0.0887 e. The molecule has 0 spiro atoms. The fourth-order valence-electron chi connectivity index (χ4n) is 2.08. The Morgan fingerprint density at radius 3 is 2.13 bits per heavy atom. The van der Waals surface area contributed by atoms with Gasteiger partial charge in [-0.15, -0.1) is 0 Å². The van der Waals surface area contributed by atoms with Crippen LogP contribution in [0, 0.1) is 0 Å². The van der Waals surface area contributed by atoms with Crippen molar-refractivity contribution in [1.82, 2.24) is 0 Å². The fraction of sp³-hybridized carbons (Fsp3) is 0.571. The summed E-state index contributed by atoms with van der Waals surface area (Å²) in [5, 5.41) is 0.